The Hall–Kier alpha value is -2.24. The Morgan fingerprint density at radius 2 is 1.63 bits per heavy atom. The molecule has 1 N–H and O–H groups in total. The molecule has 2 aromatic carbocycles. The van der Waals surface area contributed by atoms with Crippen LogP contribution in [0, 0.1) is 13.8 Å². The Balaban J connectivity index is 1.93. The van der Waals surface area contributed by atoms with E-state index in [-0.39, 0.29) is 6.04 Å². The van der Waals surface area contributed by atoms with Crippen LogP contribution >= 0.6 is 0 Å². The summed E-state index contributed by atoms with van der Waals surface area (Å²) in [6.07, 6.45) is 0.982. The van der Waals surface area contributed by atoms with Crippen molar-refractivity contribution in [3.8, 4) is 17.2 Å². The van der Waals surface area contributed by atoms with Gasteiger partial charge in [0.2, 0.25) is 0 Å². The van der Waals surface area contributed by atoms with E-state index in [1.807, 2.05) is 0 Å². The van der Waals surface area contributed by atoms with Gasteiger partial charge in [-0.1, -0.05) is 19.9 Å². The van der Waals surface area contributed by atoms with Crippen molar-refractivity contribution in [2.75, 3.05) is 47.0 Å². The fourth-order valence-corrected chi connectivity index (χ4v) is 4.28. The van der Waals surface area contributed by atoms with Crippen molar-refractivity contribution in [3.63, 3.8) is 0 Å². The van der Waals surface area contributed by atoms with Gasteiger partial charge in [0, 0.05) is 13.1 Å². The third-order valence-electron chi connectivity index (χ3n) is 6.13. The van der Waals surface area contributed by atoms with Gasteiger partial charge in [0.05, 0.1) is 20.3 Å². The molecular formula is C25H36N2O3. The van der Waals surface area contributed by atoms with E-state index in [1.165, 1.54) is 22.3 Å². The third kappa shape index (κ3) is 4.73. The number of hydrogen-bond donors (Lipinski definition) is 1. The first-order valence-electron chi connectivity index (χ1n) is 11.0. The minimum absolute atomic E-state index is 0.134. The van der Waals surface area contributed by atoms with Crippen molar-refractivity contribution in [1.29, 1.82) is 0 Å². The molecule has 0 fully saturated rings. The lowest BCUT2D eigenvalue weighted by Crippen LogP contribution is -2.31. The predicted octanol–water partition coefficient (Wildman–Crippen LogP) is 4.28. The molecule has 0 saturated carbocycles. The Kier molecular flexibility index (Phi) is 7.62. The quantitative estimate of drug-likeness (QED) is 0.666. The molecule has 5 heteroatoms. The van der Waals surface area contributed by atoms with Crippen molar-refractivity contribution >= 4 is 0 Å². The Labute approximate surface area is 181 Å². The number of aryl methyl sites for hydroxylation is 2. The van der Waals surface area contributed by atoms with Crippen LogP contribution in [-0.4, -0.2) is 51.9 Å². The molecule has 0 aliphatic carbocycles. The second-order valence-corrected chi connectivity index (χ2v) is 7.89. The molecule has 164 valence electrons. The maximum absolute atomic E-state index is 6.19. The summed E-state index contributed by atoms with van der Waals surface area (Å²) in [5.74, 6) is 2.57. The van der Waals surface area contributed by atoms with Crippen LogP contribution in [0.5, 0.6) is 17.2 Å². The van der Waals surface area contributed by atoms with Crippen LogP contribution in [0.2, 0.25) is 0 Å². The SMILES string of the molecule is CCN(CC)CCOc1cc2c(cc1OC)CCNC2c1cc(C)c(OC)cc1C. The first-order chi connectivity index (χ1) is 14.5. The van der Waals surface area contributed by atoms with Crippen LogP contribution in [0.4, 0.5) is 0 Å². The molecule has 1 unspecified atom stereocenters. The summed E-state index contributed by atoms with van der Waals surface area (Å²) >= 11 is 0. The number of nitrogens with one attached hydrogen (secondary N) is 1. The molecule has 0 radical (unpaired) electrons. The molecule has 0 amide bonds. The highest BCUT2D eigenvalue weighted by Crippen LogP contribution is 2.39. The lowest BCUT2D eigenvalue weighted by atomic mass is 9.86. The normalized spacial score (nSPS) is 15.8. The zero-order valence-corrected chi connectivity index (χ0v) is 19.3. The van der Waals surface area contributed by atoms with Crippen LogP contribution in [0.1, 0.15) is 47.7 Å². The van der Waals surface area contributed by atoms with Crippen LogP contribution in [-0.2, 0) is 6.42 Å². The Morgan fingerprint density at radius 1 is 0.900 bits per heavy atom. The van der Waals surface area contributed by atoms with E-state index in [2.05, 4.69) is 62.2 Å². The minimum atomic E-state index is 0.134. The van der Waals surface area contributed by atoms with Gasteiger partial charge < -0.3 is 24.4 Å². The van der Waals surface area contributed by atoms with Crippen LogP contribution in [0.3, 0.4) is 0 Å². The maximum atomic E-state index is 6.19. The molecule has 0 aromatic heterocycles. The van der Waals surface area contributed by atoms with Gasteiger partial charge in [-0.05, 0) is 79.4 Å². The number of ether oxygens (including phenoxy) is 3. The number of nitrogens with zero attached hydrogens (tertiary/aromatic N) is 1. The molecule has 0 spiro atoms. The van der Waals surface area contributed by atoms with Gasteiger partial charge in [-0.25, -0.2) is 0 Å². The fraction of sp³-hybridized carbons (Fsp3) is 0.520. The number of likely N-dealkylation sites (N-methyl/N-ethyl adjacent to an activating group) is 1. The first-order valence-corrected chi connectivity index (χ1v) is 11.0. The molecule has 1 aliphatic heterocycles. The van der Waals surface area contributed by atoms with E-state index in [0.29, 0.717) is 6.61 Å². The topological polar surface area (TPSA) is 43.0 Å². The van der Waals surface area contributed by atoms with Gasteiger partial charge in [0.1, 0.15) is 12.4 Å². The summed E-state index contributed by atoms with van der Waals surface area (Å²) in [6, 6.07) is 8.83. The van der Waals surface area contributed by atoms with E-state index in [9.17, 15) is 0 Å². The Morgan fingerprint density at radius 3 is 2.30 bits per heavy atom. The summed E-state index contributed by atoms with van der Waals surface area (Å²) in [5.41, 5.74) is 6.25. The van der Waals surface area contributed by atoms with E-state index in [4.69, 9.17) is 14.2 Å². The predicted molar refractivity (Wildman–Crippen MR) is 122 cm³/mol. The smallest absolute Gasteiger partial charge is 0.161 e. The van der Waals surface area contributed by atoms with Gasteiger partial charge >= 0.3 is 0 Å². The highest BCUT2D eigenvalue weighted by molar-refractivity contribution is 5.53. The number of benzene rings is 2. The second kappa shape index (κ2) is 10.2. The highest BCUT2D eigenvalue weighted by Gasteiger charge is 2.26. The number of fused-ring (bicyclic) bond motifs is 1. The monoisotopic (exact) mass is 412 g/mol. The summed E-state index contributed by atoms with van der Waals surface area (Å²) in [5, 5.41) is 3.71. The van der Waals surface area contributed by atoms with Crippen LogP contribution in [0.15, 0.2) is 24.3 Å². The zero-order chi connectivity index (χ0) is 21.7. The van der Waals surface area contributed by atoms with Crippen molar-refractivity contribution < 1.29 is 14.2 Å². The van der Waals surface area contributed by atoms with Gasteiger partial charge in [-0.3, -0.25) is 0 Å². The molecule has 0 saturated heterocycles. The largest absolute Gasteiger partial charge is 0.496 e. The first kappa shape index (κ1) is 22.4. The summed E-state index contributed by atoms with van der Waals surface area (Å²) in [6.45, 7) is 13.2. The maximum Gasteiger partial charge on any atom is 0.161 e. The molecule has 1 atom stereocenters. The van der Waals surface area contributed by atoms with Crippen molar-refractivity contribution in [3.05, 3.63) is 52.1 Å². The molecule has 3 rings (SSSR count). The summed E-state index contributed by atoms with van der Waals surface area (Å²) in [7, 11) is 3.44. The van der Waals surface area contributed by atoms with E-state index in [0.717, 1.165) is 55.4 Å². The molecule has 1 heterocycles. The number of rotatable bonds is 9. The van der Waals surface area contributed by atoms with Gasteiger partial charge in [-0.15, -0.1) is 0 Å². The van der Waals surface area contributed by atoms with Gasteiger partial charge in [0.15, 0.2) is 11.5 Å². The van der Waals surface area contributed by atoms with Crippen LogP contribution in [0.25, 0.3) is 0 Å². The molecule has 2 aromatic rings. The number of hydrogen-bond acceptors (Lipinski definition) is 5. The van der Waals surface area contributed by atoms with E-state index >= 15 is 0 Å². The van der Waals surface area contributed by atoms with Crippen LogP contribution < -0.4 is 19.5 Å². The fourth-order valence-electron chi connectivity index (χ4n) is 4.28. The minimum Gasteiger partial charge on any atom is -0.496 e. The molecule has 30 heavy (non-hydrogen) atoms. The lowest BCUT2D eigenvalue weighted by molar-refractivity contribution is 0.217. The molecule has 5 nitrogen and oxygen atoms in total. The van der Waals surface area contributed by atoms with Gasteiger partial charge in [-0.2, -0.15) is 0 Å². The summed E-state index contributed by atoms with van der Waals surface area (Å²) < 4.78 is 17.4. The van der Waals surface area contributed by atoms with E-state index < -0.39 is 0 Å². The molecule has 0 bridgehead atoms. The lowest BCUT2D eigenvalue weighted by Gasteiger charge is -2.30. The Bertz CT molecular complexity index is 862. The van der Waals surface area contributed by atoms with Gasteiger partial charge in [0.25, 0.3) is 0 Å². The molecular weight excluding hydrogens is 376 g/mol. The van der Waals surface area contributed by atoms with Crippen molar-refractivity contribution in [2.45, 2.75) is 40.2 Å². The number of methoxy groups -OCH3 is 2. The average Bonchev–Trinajstić information content (AvgIpc) is 2.77. The highest BCUT2D eigenvalue weighted by atomic mass is 16.5. The average molecular weight is 413 g/mol. The van der Waals surface area contributed by atoms with Crippen molar-refractivity contribution in [1.82, 2.24) is 10.2 Å². The van der Waals surface area contributed by atoms with E-state index in [1.54, 1.807) is 14.2 Å². The zero-order valence-electron chi connectivity index (χ0n) is 19.3. The second-order valence-electron chi connectivity index (χ2n) is 7.89. The standard InChI is InChI=1S/C25H36N2O3/c1-7-27(8-2)11-12-30-24-16-21-19(15-23(24)29-6)9-10-26-25(21)20-13-18(4)22(28-5)14-17(20)3/h13-16,25-26H,7-12H2,1-6H3. The molecule has 1 aliphatic rings. The van der Waals surface area contributed by atoms with Crippen molar-refractivity contribution in [2.24, 2.45) is 0 Å². The third-order valence-corrected chi connectivity index (χ3v) is 6.13. The summed E-state index contributed by atoms with van der Waals surface area (Å²) in [4.78, 5) is 2.36.